The third-order valence-electron chi connectivity index (χ3n) is 10.4. The van der Waals surface area contributed by atoms with Crippen molar-refractivity contribution in [1.29, 1.82) is 0 Å². The first kappa shape index (κ1) is 29.3. The van der Waals surface area contributed by atoms with Crippen LogP contribution >= 0.6 is 46.2 Å². The zero-order valence-corrected chi connectivity index (χ0v) is 30.8. The predicted octanol–water partition coefficient (Wildman–Crippen LogP) is 15.4. The van der Waals surface area contributed by atoms with Gasteiger partial charge in [-0.1, -0.05) is 108 Å². The van der Waals surface area contributed by atoms with E-state index in [0.717, 1.165) is 0 Å². The Morgan fingerprint density at radius 1 is 0.327 bits per heavy atom. The van der Waals surface area contributed by atoms with Crippen molar-refractivity contribution in [2.45, 2.75) is 19.6 Å². The first-order chi connectivity index (χ1) is 25.8. The number of rotatable bonds is 2. The second-order valence-corrected chi connectivity index (χ2v) is 17.5. The normalized spacial score (nSPS) is 13.5. The van der Waals surface area contributed by atoms with Gasteiger partial charge in [-0.05, 0) is 83.6 Å². The summed E-state index contributed by atoms with van der Waals surface area (Å²) in [5.41, 5.74) is 7.33. The average Bonchev–Trinajstić information content (AvgIpc) is 3.78. The van der Waals surface area contributed by atoms with Gasteiger partial charge in [0, 0.05) is 61.9 Å². The maximum absolute atomic E-state index is 2.44. The topological polar surface area (TPSA) is 6.48 Å². The number of hydrogen-bond donors (Lipinski definition) is 0. The average molecular weight is 735 g/mol. The minimum atomic E-state index is 1.20. The summed E-state index contributed by atoms with van der Waals surface area (Å²) >= 11 is 7.59. The Balaban J connectivity index is 1.09. The summed E-state index contributed by atoms with van der Waals surface area (Å²) in [6.07, 6.45) is 0. The molecule has 6 heteroatoms. The van der Waals surface area contributed by atoms with E-state index in [9.17, 15) is 0 Å². The highest BCUT2D eigenvalue weighted by molar-refractivity contribution is 8.00. The monoisotopic (exact) mass is 734 g/mol. The molecule has 0 unspecified atom stereocenters. The summed E-state index contributed by atoms with van der Waals surface area (Å²) in [4.78, 5) is 10.0. The zero-order valence-electron chi connectivity index (χ0n) is 27.5. The van der Waals surface area contributed by atoms with Crippen molar-refractivity contribution < 1.29 is 0 Å². The molecule has 0 N–H and O–H groups in total. The van der Waals surface area contributed by atoms with Crippen molar-refractivity contribution in [2.24, 2.45) is 0 Å². The summed E-state index contributed by atoms with van der Waals surface area (Å²) in [5.74, 6) is 0. The van der Waals surface area contributed by atoms with Crippen LogP contribution in [-0.2, 0) is 0 Å². The molecule has 244 valence electrons. The van der Waals surface area contributed by atoms with E-state index >= 15 is 0 Å². The molecule has 0 atom stereocenters. The lowest BCUT2D eigenvalue weighted by Gasteiger charge is -2.32. The van der Waals surface area contributed by atoms with Crippen LogP contribution in [-0.4, -0.2) is 0 Å². The summed E-state index contributed by atoms with van der Waals surface area (Å²) < 4.78 is 5.39. The van der Waals surface area contributed by atoms with Crippen molar-refractivity contribution >= 4 is 131 Å². The number of nitrogens with zero attached hydrogens (tertiary/aromatic N) is 2. The van der Waals surface area contributed by atoms with E-state index in [-0.39, 0.29) is 0 Å². The molecule has 2 aromatic heterocycles. The van der Waals surface area contributed by atoms with Gasteiger partial charge in [-0.25, -0.2) is 0 Å². The van der Waals surface area contributed by atoms with Crippen LogP contribution < -0.4 is 9.80 Å². The van der Waals surface area contributed by atoms with Gasteiger partial charge in [0.2, 0.25) is 0 Å². The number of para-hydroxylation sites is 4. The first-order valence-corrected chi connectivity index (χ1v) is 20.6. The van der Waals surface area contributed by atoms with Gasteiger partial charge in [-0.3, -0.25) is 0 Å². The van der Waals surface area contributed by atoms with Crippen LogP contribution in [0.15, 0.2) is 177 Å². The Morgan fingerprint density at radius 2 is 0.673 bits per heavy atom. The molecule has 0 radical (unpaired) electrons. The molecule has 4 heterocycles. The van der Waals surface area contributed by atoms with Crippen molar-refractivity contribution in [3.63, 3.8) is 0 Å². The fraction of sp³-hybridized carbons (Fsp3) is 0. The molecule has 52 heavy (non-hydrogen) atoms. The highest BCUT2D eigenvalue weighted by Crippen LogP contribution is 2.55. The van der Waals surface area contributed by atoms with Crippen molar-refractivity contribution in [3.05, 3.63) is 158 Å². The lowest BCUT2D eigenvalue weighted by molar-refractivity contribution is 1.17. The highest BCUT2D eigenvalue weighted by Gasteiger charge is 2.27. The maximum atomic E-state index is 2.44. The van der Waals surface area contributed by atoms with Gasteiger partial charge < -0.3 is 9.80 Å². The van der Waals surface area contributed by atoms with E-state index in [4.69, 9.17) is 0 Å². The number of anilines is 6. The van der Waals surface area contributed by atoms with Gasteiger partial charge in [0.25, 0.3) is 0 Å². The van der Waals surface area contributed by atoms with Crippen LogP contribution in [0.5, 0.6) is 0 Å². The van der Waals surface area contributed by atoms with E-state index in [0.29, 0.717) is 0 Å². The molecule has 10 aromatic rings. The second-order valence-electron chi connectivity index (χ2n) is 13.3. The van der Waals surface area contributed by atoms with E-state index in [1.165, 1.54) is 105 Å². The van der Waals surface area contributed by atoms with Gasteiger partial charge >= 0.3 is 0 Å². The van der Waals surface area contributed by atoms with Gasteiger partial charge in [-0.2, -0.15) is 0 Å². The Hall–Kier alpha value is -5.24. The Bertz CT molecular complexity index is 2820. The van der Waals surface area contributed by atoms with Gasteiger partial charge in [0.15, 0.2) is 0 Å². The zero-order chi connectivity index (χ0) is 33.9. The predicted molar refractivity (Wildman–Crippen MR) is 227 cm³/mol. The van der Waals surface area contributed by atoms with Crippen LogP contribution in [0.3, 0.4) is 0 Å². The van der Waals surface area contributed by atoms with E-state index in [2.05, 4.69) is 168 Å². The molecule has 0 bridgehead atoms. The van der Waals surface area contributed by atoms with Crippen LogP contribution in [0.25, 0.3) is 51.1 Å². The second kappa shape index (κ2) is 11.1. The fourth-order valence-corrected chi connectivity index (χ4v) is 12.9. The smallest absolute Gasteiger partial charge is 0.0601 e. The maximum Gasteiger partial charge on any atom is 0.0601 e. The Kier molecular flexibility index (Phi) is 6.28. The number of thiophene rings is 2. The van der Waals surface area contributed by atoms with Crippen molar-refractivity contribution in [1.82, 2.24) is 0 Å². The molecular formula is C46H26N2S4. The quantitative estimate of drug-likeness (QED) is 0.174. The highest BCUT2D eigenvalue weighted by atomic mass is 32.2. The van der Waals surface area contributed by atoms with E-state index < -0.39 is 0 Å². The molecule has 8 aromatic carbocycles. The number of benzene rings is 8. The Labute approximate surface area is 316 Å². The van der Waals surface area contributed by atoms with E-state index in [1.807, 2.05) is 46.2 Å². The van der Waals surface area contributed by atoms with Crippen LogP contribution in [0, 0.1) is 0 Å². The standard InChI is InChI=1S/C46H26N2S4/c1-2-12-30-29(11-1)43-31-23-21-27(47-33-13-3-7-17-37(33)49-38-18-8-4-14-34(38)47)25-41(31)51-45(43)46-44(30)32-24-22-28(26-42(32)52-46)48-35-15-5-9-19-39(35)50-40-20-10-6-16-36(40)48/h1-26H. The minimum absolute atomic E-state index is 1.20. The molecule has 2 aliphatic heterocycles. The van der Waals surface area contributed by atoms with Crippen LogP contribution in [0.1, 0.15) is 0 Å². The van der Waals surface area contributed by atoms with Gasteiger partial charge in [0.1, 0.15) is 0 Å². The summed E-state index contributed by atoms with van der Waals surface area (Å²) in [6, 6.07) is 58.3. The molecule has 0 saturated carbocycles. The van der Waals surface area contributed by atoms with Gasteiger partial charge in [0.05, 0.1) is 32.1 Å². The molecule has 0 fully saturated rings. The van der Waals surface area contributed by atoms with Gasteiger partial charge in [-0.15, -0.1) is 22.7 Å². The molecule has 0 spiro atoms. The SMILES string of the molecule is c1ccc2c(c1)Sc1ccccc1N2c1ccc2c(c1)sc1c3sc4cc(N5c6ccccc6Sc6ccccc65)ccc4c3c3ccccc3c21. The summed E-state index contributed by atoms with van der Waals surface area (Å²) in [7, 11) is 0. The number of fused-ring (bicyclic) bond motifs is 14. The van der Waals surface area contributed by atoms with E-state index in [1.54, 1.807) is 0 Å². The van der Waals surface area contributed by atoms with Crippen LogP contribution in [0.4, 0.5) is 34.1 Å². The summed E-state index contributed by atoms with van der Waals surface area (Å²) in [5, 5.41) is 8.04. The Morgan fingerprint density at radius 3 is 1.06 bits per heavy atom. The third-order valence-corrected chi connectivity index (χ3v) is 15.1. The molecule has 0 aliphatic carbocycles. The molecular weight excluding hydrogens is 709 g/mol. The molecule has 12 rings (SSSR count). The lowest BCUT2D eigenvalue weighted by Crippen LogP contribution is -2.14. The molecule has 2 nitrogen and oxygen atoms in total. The summed E-state index contributed by atoms with van der Waals surface area (Å²) in [6.45, 7) is 0. The molecule has 2 aliphatic rings. The van der Waals surface area contributed by atoms with Crippen molar-refractivity contribution in [3.8, 4) is 0 Å². The largest absolute Gasteiger partial charge is 0.308 e. The first-order valence-electron chi connectivity index (χ1n) is 17.3. The fourth-order valence-electron chi connectivity index (χ4n) is 8.19. The van der Waals surface area contributed by atoms with Crippen LogP contribution in [0.2, 0.25) is 0 Å². The molecule has 0 saturated heterocycles. The third kappa shape index (κ3) is 4.15. The molecule has 0 amide bonds. The number of hydrogen-bond acceptors (Lipinski definition) is 6. The minimum Gasteiger partial charge on any atom is -0.308 e. The van der Waals surface area contributed by atoms with Crippen molar-refractivity contribution in [2.75, 3.05) is 9.80 Å². The lowest BCUT2D eigenvalue weighted by atomic mass is 9.99.